The van der Waals surface area contributed by atoms with E-state index in [0.717, 1.165) is 55.0 Å². The molecule has 2 aliphatic heterocycles. The van der Waals surface area contributed by atoms with Gasteiger partial charge < -0.3 is 19.7 Å². The van der Waals surface area contributed by atoms with Crippen molar-refractivity contribution < 1.29 is 18.7 Å². The van der Waals surface area contributed by atoms with E-state index in [4.69, 9.17) is 9.47 Å². The summed E-state index contributed by atoms with van der Waals surface area (Å²) in [6, 6.07) is 8.09. The number of anilines is 1. The summed E-state index contributed by atoms with van der Waals surface area (Å²) in [4.78, 5) is 28.7. The van der Waals surface area contributed by atoms with Crippen LogP contribution in [0.4, 0.5) is 15.9 Å². The summed E-state index contributed by atoms with van der Waals surface area (Å²) in [6.45, 7) is 5.47. The minimum absolute atomic E-state index is 0.102. The lowest BCUT2D eigenvalue weighted by Gasteiger charge is -2.40. The predicted molar refractivity (Wildman–Crippen MR) is 154 cm³/mol. The van der Waals surface area contributed by atoms with E-state index in [0.29, 0.717) is 35.4 Å². The number of hydrogen-bond donors (Lipinski definition) is 1. The van der Waals surface area contributed by atoms with Gasteiger partial charge in [-0.2, -0.15) is 4.37 Å². The fourth-order valence-corrected chi connectivity index (χ4v) is 6.83. The summed E-state index contributed by atoms with van der Waals surface area (Å²) >= 11 is 1.35. The highest BCUT2D eigenvalue weighted by Crippen LogP contribution is 2.39. The molecule has 2 atom stereocenters. The van der Waals surface area contributed by atoms with Gasteiger partial charge in [0, 0.05) is 62.4 Å². The topological polar surface area (TPSA) is 96.4 Å². The van der Waals surface area contributed by atoms with Crippen LogP contribution in [0.25, 0.3) is 16.2 Å². The SMILES string of the molecule is O=Nc1cc2c(cc1/C=C/C(=O)NC[C@@H]1CCCC[C@H]1CN1CCN(c3nsc4cc(F)ccc34)CC1)OCO2. The van der Waals surface area contributed by atoms with E-state index in [2.05, 4.69) is 24.7 Å². The Balaban J connectivity index is 1.01. The summed E-state index contributed by atoms with van der Waals surface area (Å²) < 4.78 is 29.7. The summed E-state index contributed by atoms with van der Waals surface area (Å²) in [7, 11) is 0. The fraction of sp³-hybridized carbons (Fsp3) is 0.448. The van der Waals surface area contributed by atoms with Crippen LogP contribution in [0, 0.1) is 22.6 Å². The molecule has 3 aromatic rings. The number of piperazine rings is 1. The Kier molecular flexibility index (Phi) is 7.92. The average molecular weight is 566 g/mol. The van der Waals surface area contributed by atoms with Crippen LogP contribution in [0.5, 0.6) is 11.5 Å². The number of carbonyl (C=O) groups excluding carboxylic acids is 1. The van der Waals surface area contributed by atoms with Gasteiger partial charge in [-0.25, -0.2) is 4.39 Å². The fourth-order valence-electron chi connectivity index (χ4n) is 6.01. The number of rotatable bonds is 8. The highest BCUT2D eigenvalue weighted by molar-refractivity contribution is 7.13. The van der Waals surface area contributed by atoms with E-state index in [1.807, 2.05) is 6.07 Å². The number of halogens is 1. The summed E-state index contributed by atoms with van der Waals surface area (Å²) in [5, 5.41) is 7.15. The van der Waals surface area contributed by atoms with Crippen molar-refractivity contribution >= 4 is 45.1 Å². The first kappa shape index (κ1) is 26.6. The smallest absolute Gasteiger partial charge is 0.244 e. The number of hydrogen-bond acceptors (Lipinski definition) is 9. The normalized spacial score (nSPS) is 21.3. The molecule has 9 nitrogen and oxygen atoms in total. The lowest BCUT2D eigenvalue weighted by molar-refractivity contribution is -0.116. The molecule has 0 spiro atoms. The number of ether oxygens (including phenoxy) is 2. The summed E-state index contributed by atoms with van der Waals surface area (Å²) in [5.41, 5.74) is 0.722. The molecule has 40 heavy (non-hydrogen) atoms. The molecule has 210 valence electrons. The molecule has 11 heteroatoms. The first-order valence-electron chi connectivity index (χ1n) is 13.8. The Morgan fingerprint density at radius 2 is 1.88 bits per heavy atom. The van der Waals surface area contributed by atoms with Crippen molar-refractivity contribution in [1.29, 1.82) is 0 Å². The molecule has 3 aliphatic rings. The Hall–Kier alpha value is -3.57. The highest BCUT2D eigenvalue weighted by Gasteiger charge is 2.29. The molecule has 0 radical (unpaired) electrons. The highest BCUT2D eigenvalue weighted by atomic mass is 32.1. The Bertz CT molecular complexity index is 1420. The third kappa shape index (κ3) is 5.80. The molecular formula is C29H32FN5O4S. The number of nitrogens with zero attached hydrogens (tertiary/aromatic N) is 4. The maximum atomic E-state index is 13.6. The van der Waals surface area contributed by atoms with Gasteiger partial charge in [-0.1, -0.05) is 12.8 Å². The number of nitroso groups, excluding NO2 is 1. The van der Waals surface area contributed by atoms with Gasteiger partial charge in [-0.15, -0.1) is 4.91 Å². The molecule has 0 unspecified atom stereocenters. The maximum Gasteiger partial charge on any atom is 0.244 e. The molecule has 1 amide bonds. The third-order valence-corrected chi connectivity index (χ3v) is 9.02. The minimum atomic E-state index is -0.226. The van der Waals surface area contributed by atoms with Crippen molar-refractivity contribution in [3.05, 3.63) is 52.7 Å². The number of benzene rings is 2. The van der Waals surface area contributed by atoms with Crippen molar-refractivity contribution in [2.45, 2.75) is 25.7 Å². The molecule has 1 saturated heterocycles. The molecule has 3 heterocycles. The zero-order valence-electron chi connectivity index (χ0n) is 22.2. The van der Waals surface area contributed by atoms with Gasteiger partial charge in [-0.05, 0) is 71.7 Å². The second-order valence-electron chi connectivity index (χ2n) is 10.7. The van der Waals surface area contributed by atoms with E-state index < -0.39 is 0 Å². The van der Waals surface area contributed by atoms with Crippen LogP contribution >= 0.6 is 11.5 Å². The number of fused-ring (bicyclic) bond motifs is 2. The van der Waals surface area contributed by atoms with Crippen LogP contribution in [-0.4, -0.2) is 61.2 Å². The van der Waals surface area contributed by atoms with Crippen LogP contribution in [-0.2, 0) is 4.79 Å². The lowest BCUT2D eigenvalue weighted by atomic mass is 9.78. The van der Waals surface area contributed by atoms with Crippen molar-refractivity contribution in [1.82, 2.24) is 14.6 Å². The zero-order chi connectivity index (χ0) is 27.5. The predicted octanol–water partition coefficient (Wildman–Crippen LogP) is 5.32. The standard InChI is InChI=1S/C29H32FN5O4S/c30-22-6-7-23-27(14-22)40-33-29(23)35-11-9-34(10-12-35)17-21-4-2-1-3-20(21)16-31-28(36)8-5-19-13-25-26(39-18-38-25)15-24(19)32-37/h5-8,13-15,20-21H,1-4,9-12,16-18H2,(H,31,36)/b8-5+/t20-,21-/m0/s1. The van der Waals surface area contributed by atoms with Gasteiger partial charge in [0.15, 0.2) is 11.5 Å². The molecule has 1 saturated carbocycles. The van der Waals surface area contributed by atoms with Gasteiger partial charge >= 0.3 is 0 Å². The van der Waals surface area contributed by atoms with Crippen molar-refractivity contribution in [2.75, 3.05) is 51.0 Å². The van der Waals surface area contributed by atoms with Crippen LogP contribution < -0.4 is 19.7 Å². The second kappa shape index (κ2) is 11.9. The van der Waals surface area contributed by atoms with E-state index in [1.54, 1.807) is 18.2 Å². The van der Waals surface area contributed by atoms with Gasteiger partial charge in [0.25, 0.3) is 0 Å². The molecular weight excluding hydrogens is 533 g/mol. The molecule has 1 N–H and O–H groups in total. The number of amides is 1. The Labute approximate surface area is 236 Å². The van der Waals surface area contributed by atoms with E-state index in [9.17, 15) is 14.1 Å². The third-order valence-electron chi connectivity index (χ3n) is 8.22. The van der Waals surface area contributed by atoms with Gasteiger partial charge in [-0.3, -0.25) is 9.69 Å². The Morgan fingerprint density at radius 3 is 2.67 bits per heavy atom. The van der Waals surface area contributed by atoms with E-state index in [1.165, 1.54) is 49.0 Å². The summed E-state index contributed by atoms with van der Waals surface area (Å²) in [5.74, 6) is 2.52. The van der Waals surface area contributed by atoms with Crippen LogP contribution in [0.2, 0.25) is 0 Å². The monoisotopic (exact) mass is 565 g/mol. The van der Waals surface area contributed by atoms with Crippen molar-refractivity contribution in [3.8, 4) is 11.5 Å². The zero-order valence-corrected chi connectivity index (χ0v) is 23.0. The van der Waals surface area contributed by atoms with Gasteiger partial charge in [0.2, 0.25) is 12.7 Å². The first-order valence-corrected chi connectivity index (χ1v) is 14.6. The number of nitrogens with one attached hydrogen (secondary N) is 1. The molecule has 1 aromatic heterocycles. The number of aromatic nitrogens is 1. The van der Waals surface area contributed by atoms with Gasteiger partial charge in [0.05, 0.1) is 4.70 Å². The molecule has 1 aliphatic carbocycles. The average Bonchev–Trinajstić information content (AvgIpc) is 3.61. The number of carbonyl (C=O) groups is 1. The van der Waals surface area contributed by atoms with E-state index >= 15 is 0 Å². The molecule has 2 fully saturated rings. The van der Waals surface area contributed by atoms with Crippen LogP contribution in [0.3, 0.4) is 0 Å². The molecule has 6 rings (SSSR count). The van der Waals surface area contributed by atoms with Crippen molar-refractivity contribution in [2.24, 2.45) is 17.0 Å². The molecule has 2 aromatic carbocycles. The first-order chi connectivity index (χ1) is 19.6. The quantitative estimate of drug-likeness (QED) is 0.292. The molecule has 0 bridgehead atoms. The lowest BCUT2D eigenvalue weighted by Crippen LogP contribution is -2.49. The van der Waals surface area contributed by atoms with Crippen molar-refractivity contribution in [3.63, 3.8) is 0 Å². The van der Waals surface area contributed by atoms with Gasteiger partial charge in [0.1, 0.15) is 17.3 Å². The second-order valence-corrected chi connectivity index (χ2v) is 11.5. The maximum absolute atomic E-state index is 13.6. The summed E-state index contributed by atoms with van der Waals surface area (Å²) in [6.07, 6.45) is 7.72. The Morgan fingerprint density at radius 1 is 1.10 bits per heavy atom. The van der Waals surface area contributed by atoms with E-state index in [-0.39, 0.29) is 24.2 Å². The minimum Gasteiger partial charge on any atom is -0.454 e. The van der Waals surface area contributed by atoms with Crippen LogP contribution in [0.1, 0.15) is 31.2 Å². The largest absolute Gasteiger partial charge is 0.454 e. The van der Waals surface area contributed by atoms with Crippen LogP contribution in [0.15, 0.2) is 41.6 Å².